The van der Waals surface area contributed by atoms with E-state index in [9.17, 15) is 19.2 Å². The topological polar surface area (TPSA) is 164 Å². The van der Waals surface area contributed by atoms with Crippen LogP contribution < -0.4 is 21.3 Å². The number of hydrogen-bond acceptors (Lipinski definition) is 10. The number of carbonyl (C=O) groups is 4. The van der Waals surface area contributed by atoms with Gasteiger partial charge in [0.05, 0.1) is 22.4 Å². The maximum absolute atomic E-state index is 14.0. The summed E-state index contributed by atoms with van der Waals surface area (Å²) in [5.41, 5.74) is 4.76. The van der Waals surface area contributed by atoms with Crippen molar-refractivity contribution in [1.82, 2.24) is 36.1 Å². The predicted molar refractivity (Wildman–Crippen MR) is 205 cm³/mol. The van der Waals surface area contributed by atoms with Crippen molar-refractivity contribution in [3.63, 3.8) is 0 Å². The molecule has 13 nitrogen and oxygen atoms in total. The molecule has 2 aromatic heterocycles. The van der Waals surface area contributed by atoms with Crippen molar-refractivity contribution >= 4 is 46.8 Å². The lowest BCUT2D eigenvalue weighted by molar-refractivity contribution is -0.123. The van der Waals surface area contributed by atoms with Crippen LogP contribution in [0.5, 0.6) is 0 Å². The molecule has 2 aromatic carbocycles. The molecule has 0 saturated carbocycles. The summed E-state index contributed by atoms with van der Waals surface area (Å²) in [6.07, 6.45) is 4.43. The first-order valence-electron chi connectivity index (χ1n) is 17.5. The standard InChI is InChI=1S/C38H49N7O6S2/c1-38(2,3)51-36(48)41-18-17-33(44-35(47)45(4)23-31-21-39-25-52-31)34(46)42-29(19-27-11-7-5-8-12-27)15-16-30(20-28-13-9-6-10-14-28)43-37(49)50-24-32-22-40-26-53-32/h5-14,21-22,25-26,29-30,33H,15-20,23-24H2,1-4H3,(H,41,48)(H,42,46)(H,43,49)(H,44,47)/t29-,30-,33-/m0/s1. The molecule has 284 valence electrons. The normalized spacial score (nSPS) is 12.8. The van der Waals surface area contributed by atoms with Crippen LogP contribution in [0.25, 0.3) is 0 Å². The maximum atomic E-state index is 14.0. The number of benzene rings is 2. The van der Waals surface area contributed by atoms with Gasteiger partial charge in [0.2, 0.25) is 5.91 Å². The van der Waals surface area contributed by atoms with Crippen molar-refractivity contribution in [1.29, 1.82) is 0 Å². The highest BCUT2D eigenvalue weighted by molar-refractivity contribution is 7.09. The Morgan fingerprint density at radius 3 is 1.87 bits per heavy atom. The van der Waals surface area contributed by atoms with Crippen LogP contribution in [0.4, 0.5) is 14.4 Å². The van der Waals surface area contributed by atoms with E-state index in [0.717, 1.165) is 20.9 Å². The van der Waals surface area contributed by atoms with E-state index < -0.39 is 35.8 Å². The summed E-state index contributed by atoms with van der Waals surface area (Å²) in [6, 6.07) is 17.6. The van der Waals surface area contributed by atoms with E-state index in [1.807, 2.05) is 60.7 Å². The van der Waals surface area contributed by atoms with Crippen LogP contribution in [0.1, 0.15) is 60.9 Å². The Hall–Kier alpha value is -5.02. The van der Waals surface area contributed by atoms with Crippen molar-refractivity contribution in [3.05, 3.63) is 105 Å². The Kier molecular flexibility index (Phi) is 16.0. The number of nitrogens with one attached hydrogen (secondary N) is 4. The monoisotopic (exact) mass is 763 g/mol. The molecule has 4 aromatic rings. The molecule has 0 aliphatic carbocycles. The summed E-state index contributed by atoms with van der Waals surface area (Å²) in [7, 11) is 1.64. The Morgan fingerprint density at radius 1 is 0.755 bits per heavy atom. The second-order valence-corrected chi connectivity index (χ2v) is 15.5. The fraction of sp³-hybridized carbons (Fsp3) is 0.421. The van der Waals surface area contributed by atoms with Crippen LogP contribution in [-0.2, 0) is 40.3 Å². The van der Waals surface area contributed by atoms with Gasteiger partial charge in [0.1, 0.15) is 18.2 Å². The molecular formula is C38H49N7O6S2. The number of hydrogen-bond donors (Lipinski definition) is 4. The average molecular weight is 764 g/mol. The van der Waals surface area contributed by atoms with Gasteiger partial charge in [-0.15, -0.1) is 22.7 Å². The smallest absolute Gasteiger partial charge is 0.407 e. The minimum absolute atomic E-state index is 0.0852. The van der Waals surface area contributed by atoms with Crippen LogP contribution in [0, 0.1) is 0 Å². The second-order valence-electron chi connectivity index (χ2n) is 13.6. The van der Waals surface area contributed by atoms with E-state index in [0.29, 0.717) is 32.2 Å². The zero-order valence-electron chi connectivity index (χ0n) is 30.6. The fourth-order valence-electron chi connectivity index (χ4n) is 5.40. The minimum Gasteiger partial charge on any atom is -0.444 e. The zero-order valence-corrected chi connectivity index (χ0v) is 32.2. The lowest BCUT2D eigenvalue weighted by atomic mass is 9.95. The van der Waals surface area contributed by atoms with Gasteiger partial charge in [0.25, 0.3) is 0 Å². The number of nitrogens with zero attached hydrogens (tertiary/aromatic N) is 3. The van der Waals surface area contributed by atoms with Crippen LogP contribution in [0.15, 0.2) is 84.1 Å². The van der Waals surface area contributed by atoms with Crippen molar-refractivity contribution in [2.24, 2.45) is 0 Å². The van der Waals surface area contributed by atoms with Crippen LogP contribution in [-0.4, -0.2) is 76.3 Å². The van der Waals surface area contributed by atoms with Crippen LogP contribution in [0.2, 0.25) is 0 Å². The Labute approximate surface area is 318 Å². The molecule has 0 radical (unpaired) electrons. The molecule has 3 atom stereocenters. The number of thiazole rings is 2. The summed E-state index contributed by atoms with van der Waals surface area (Å²) < 4.78 is 10.8. The lowest BCUT2D eigenvalue weighted by Crippen LogP contribution is -2.53. The average Bonchev–Trinajstić information content (AvgIpc) is 3.84. The number of ether oxygens (including phenoxy) is 2. The van der Waals surface area contributed by atoms with Gasteiger partial charge in [0.15, 0.2) is 0 Å². The Morgan fingerprint density at radius 2 is 1.32 bits per heavy atom. The van der Waals surface area contributed by atoms with Gasteiger partial charge in [-0.1, -0.05) is 60.7 Å². The van der Waals surface area contributed by atoms with E-state index in [4.69, 9.17) is 9.47 Å². The first-order chi connectivity index (χ1) is 25.4. The molecule has 0 aliphatic heterocycles. The summed E-state index contributed by atoms with van der Waals surface area (Å²) in [6.45, 7) is 5.82. The Bertz CT molecular complexity index is 1690. The summed E-state index contributed by atoms with van der Waals surface area (Å²) in [5.74, 6) is -0.395. The number of amides is 5. The van der Waals surface area contributed by atoms with E-state index in [2.05, 4.69) is 31.2 Å². The van der Waals surface area contributed by atoms with Crippen LogP contribution >= 0.6 is 22.7 Å². The molecular weight excluding hydrogens is 715 g/mol. The molecule has 0 spiro atoms. The lowest BCUT2D eigenvalue weighted by Gasteiger charge is -2.27. The first-order valence-corrected chi connectivity index (χ1v) is 19.2. The highest BCUT2D eigenvalue weighted by atomic mass is 32.1. The number of rotatable bonds is 18. The fourth-order valence-corrected chi connectivity index (χ4v) is 6.55. The van der Waals surface area contributed by atoms with Gasteiger partial charge in [-0.3, -0.25) is 14.8 Å². The third-order valence-corrected chi connectivity index (χ3v) is 9.47. The summed E-state index contributed by atoms with van der Waals surface area (Å²) in [4.78, 5) is 64.0. The molecule has 0 bridgehead atoms. The van der Waals surface area contributed by atoms with Gasteiger partial charge in [0, 0.05) is 42.9 Å². The molecule has 53 heavy (non-hydrogen) atoms. The molecule has 4 rings (SSSR count). The van der Waals surface area contributed by atoms with Gasteiger partial charge >= 0.3 is 18.2 Å². The SMILES string of the molecule is CN(Cc1cncs1)C(=O)N[C@@H](CCNC(=O)OC(C)(C)C)C(=O)N[C@@H](CC[C@@H](Cc1ccccc1)NC(=O)OCc1cncs1)Cc1ccccc1. The van der Waals surface area contributed by atoms with Crippen LogP contribution in [0.3, 0.4) is 0 Å². The number of aromatic nitrogens is 2. The number of urea groups is 1. The van der Waals surface area contributed by atoms with E-state index >= 15 is 0 Å². The molecule has 0 fully saturated rings. The van der Waals surface area contributed by atoms with Crippen molar-refractivity contribution in [2.45, 2.75) is 89.8 Å². The van der Waals surface area contributed by atoms with E-state index in [-0.39, 0.29) is 31.7 Å². The molecule has 0 aliphatic rings. The highest BCUT2D eigenvalue weighted by Crippen LogP contribution is 2.15. The molecule has 15 heteroatoms. The number of alkyl carbamates (subject to hydrolysis) is 2. The van der Waals surface area contributed by atoms with Gasteiger partial charge < -0.3 is 35.6 Å². The first kappa shape index (κ1) is 40.7. The molecule has 0 unspecified atom stereocenters. The molecule has 2 heterocycles. The third-order valence-electron chi connectivity index (χ3n) is 7.95. The largest absolute Gasteiger partial charge is 0.444 e. The van der Waals surface area contributed by atoms with Crippen molar-refractivity contribution in [3.8, 4) is 0 Å². The predicted octanol–water partition coefficient (Wildman–Crippen LogP) is 6.07. The van der Waals surface area contributed by atoms with Gasteiger partial charge in [-0.25, -0.2) is 14.4 Å². The van der Waals surface area contributed by atoms with Crippen molar-refractivity contribution in [2.75, 3.05) is 13.6 Å². The second kappa shape index (κ2) is 20.9. The summed E-state index contributed by atoms with van der Waals surface area (Å²) in [5, 5.41) is 11.7. The Balaban J connectivity index is 1.47. The molecule has 5 amide bonds. The van der Waals surface area contributed by atoms with Gasteiger partial charge in [-0.2, -0.15) is 0 Å². The van der Waals surface area contributed by atoms with Crippen molar-refractivity contribution < 1.29 is 28.7 Å². The van der Waals surface area contributed by atoms with E-state index in [1.54, 1.807) is 51.2 Å². The number of carbonyl (C=O) groups excluding carboxylic acids is 4. The summed E-state index contributed by atoms with van der Waals surface area (Å²) >= 11 is 2.84. The highest BCUT2D eigenvalue weighted by Gasteiger charge is 2.27. The molecule has 4 N–H and O–H groups in total. The van der Waals surface area contributed by atoms with E-state index in [1.165, 1.54) is 27.6 Å². The van der Waals surface area contributed by atoms with Gasteiger partial charge in [-0.05, 0) is 64.0 Å². The third kappa shape index (κ3) is 15.6. The zero-order chi connectivity index (χ0) is 38.1. The molecule has 0 saturated heterocycles. The quantitative estimate of drug-likeness (QED) is 0.0949. The maximum Gasteiger partial charge on any atom is 0.407 e. The minimum atomic E-state index is -0.973.